The zero-order valence-corrected chi connectivity index (χ0v) is 15.0. The van der Waals surface area contributed by atoms with Crippen molar-refractivity contribution >= 4 is 11.6 Å². The van der Waals surface area contributed by atoms with Crippen molar-refractivity contribution in [1.82, 2.24) is 4.90 Å². The van der Waals surface area contributed by atoms with Gasteiger partial charge in [0.15, 0.2) is 5.96 Å². The van der Waals surface area contributed by atoms with E-state index >= 15 is 0 Å². The number of guanidine groups is 1. The van der Waals surface area contributed by atoms with Gasteiger partial charge in [0.25, 0.3) is 0 Å². The van der Waals surface area contributed by atoms with Crippen molar-refractivity contribution in [3.63, 3.8) is 0 Å². The van der Waals surface area contributed by atoms with E-state index in [1.165, 1.54) is 6.07 Å². The molecule has 0 radical (unpaired) electrons. The number of halogens is 1. The number of nitrogens with one attached hydrogen (secondary N) is 1. The molecule has 0 aliphatic carbocycles. The van der Waals surface area contributed by atoms with Crippen LogP contribution in [0.1, 0.15) is 17.2 Å². The number of aryl methyl sites for hydroxylation is 1. The molecule has 0 spiro atoms. The number of aliphatic imine (C=N–C) groups is 1. The van der Waals surface area contributed by atoms with Gasteiger partial charge in [0.05, 0.1) is 25.8 Å². The minimum atomic E-state index is -0.240. The average molecular weight is 356 g/mol. The van der Waals surface area contributed by atoms with Gasteiger partial charge in [0, 0.05) is 18.8 Å². The van der Waals surface area contributed by atoms with Crippen molar-refractivity contribution in [1.29, 1.82) is 0 Å². The van der Waals surface area contributed by atoms with Gasteiger partial charge >= 0.3 is 0 Å². The number of rotatable bonds is 5. The molecule has 0 saturated carbocycles. The van der Waals surface area contributed by atoms with E-state index in [-0.39, 0.29) is 11.9 Å². The second kappa shape index (κ2) is 8.78. The minimum Gasteiger partial charge on any atom is -0.379 e. The maximum atomic E-state index is 13.7. The van der Waals surface area contributed by atoms with Gasteiger partial charge in [-0.1, -0.05) is 24.3 Å². The molecule has 26 heavy (non-hydrogen) atoms. The molecule has 138 valence electrons. The Kier molecular flexibility index (Phi) is 6.20. The summed E-state index contributed by atoms with van der Waals surface area (Å²) in [6, 6.07) is 14.6. The number of ether oxygens (including phenoxy) is 1. The second-order valence-corrected chi connectivity index (χ2v) is 6.44. The van der Waals surface area contributed by atoms with Crippen LogP contribution >= 0.6 is 0 Å². The van der Waals surface area contributed by atoms with Crippen LogP contribution in [0, 0.1) is 12.7 Å². The molecule has 1 saturated heterocycles. The third-order valence-electron chi connectivity index (χ3n) is 4.44. The molecule has 2 aromatic rings. The zero-order valence-electron chi connectivity index (χ0n) is 15.0. The molecule has 1 aliphatic rings. The minimum absolute atomic E-state index is 0.0348. The molecular formula is C20H25FN4O. The molecule has 0 amide bonds. The topological polar surface area (TPSA) is 62.9 Å². The lowest BCUT2D eigenvalue weighted by Gasteiger charge is -2.34. The molecule has 6 heteroatoms. The molecular weight excluding hydrogens is 331 g/mol. The maximum absolute atomic E-state index is 13.7. The first-order chi connectivity index (χ1) is 12.6. The summed E-state index contributed by atoms with van der Waals surface area (Å²) in [4.78, 5) is 6.77. The van der Waals surface area contributed by atoms with Crippen LogP contribution in [-0.4, -0.2) is 43.7 Å². The first-order valence-electron chi connectivity index (χ1n) is 8.83. The molecule has 1 atom stereocenters. The quantitative estimate of drug-likeness (QED) is 0.639. The Balaban J connectivity index is 1.74. The van der Waals surface area contributed by atoms with Gasteiger partial charge in [-0.3, -0.25) is 9.89 Å². The Labute approximate surface area is 153 Å². The summed E-state index contributed by atoms with van der Waals surface area (Å²) in [5.41, 5.74) is 9.01. The van der Waals surface area contributed by atoms with Gasteiger partial charge in [-0.25, -0.2) is 4.39 Å². The number of benzene rings is 2. The second-order valence-electron chi connectivity index (χ2n) is 6.44. The van der Waals surface area contributed by atoms with Gasteiger partial charge in [-0.05, 0) is 42.3 Å². The predicted molar refractivity (Wildman–Crippen MR) is 103 cm³/mol. The molecule has 0 bridgehead atoms. The third kappa shape index (κ3) is 5.03. The highest BCUT2D eigenvalue weighted by atomic mass is 19.1. The Morgan fingerprint density at radius 1 is 1.23 bits per heavy atom. The molecule has 1 heterocycles. The highest BCUT2D eigenvalue weighted by Gasteiger charge is 2.22. The van der Waals surface area contributed by atoms with Crippen LogP contribution in [0.3, 0.4) is 0 Å². The van der Waals surface area contributed by atoms with Gasteiger partial charge in [0.2, 0.25) is 0 Å². The van der Waals surface area contributed by atoms with E-state index in [2.05, 4.69) is 15.2 Å². The van der Waals surface area contributed by atoms with E-state index in [0.717, 1.165) is 29.9 Å². The lowest BCUT2D eigenvalue weighted by molar-refractivity contribution is 0.0179. The van der Waals surface area contributed by atoms with E-state index in [9.17, 15) is 4.39 Å². The van der Waals surface area contributed by atoms with Crippen LogP contribution in [0.25, 0.3) is 0 Å². The predicted octanol–water partition coefficient (Wildman–Crippen LogP) is 2.93. The SMILES string of the molecule is Cc1cccc(NC(N)=NCC(c2cccc(F)c2)N2CCOCC2)c1. The molecule has 3 rings (SSSR count). The number of hydrogen-bond donors (Lipinski definition) is 2. The summed E-state index contributed by atoms with van der Waals surface area (Å²) < 4.78 is 19.1. The zero-order chi connectivity index (χ0) is 18.4. The molecule has 2 aromatic carbocycles. The fourth-order valence-electron chi connectivity index (χ4n) is 3.13. The summed E-state index contributed by atoms with van der Waals surface area (Å²) in [5, 5.41) is 3.11. The average Bonchev–Trinajstić information content (AvgIpc) is 2.63. The molecule has 1 unspecified atom stereocenters. The van der Waals surface area contributed by atoms with Crippen molar-refractivity contribution in [2.75, 3.05) is 38.2 Å². The van der Waals surface area contributed by atoms with Crippen molar-refractivity contribution < 1.29 is 9.13 Å². The summed E-state index contributed by atoms with van der Waals surface area (Å²) in [6.07, 6.45) is 0. The Bertz CT molecular complexity index is 759. The van der Waals surface area contributed by atoms with Crippen molar-refractivity contribution in [3.05, 3.63) is 65.5 Å². The molecule has 5 nitrogen and oxygen atoms in total. The smallest absolute Gasteiger partial charge is 0.193 e. The normalized spacial score (nSPS) is 17.1. The van der Waals surface area contributed by atoms with Crippen LogP contribution in [-0.2, 0) is 4.74 Å². The van der Waals surface area contributed by atoms with E-state index in [0.29, 0.717) is 25.7 Å². The van der Waals surface area contributed by atoms with E-state index < -0.39 is 0 Å². The molecule has 1 fully saturated rings. The summed E-state index contributed by atoms with van der Waals surface area (Å²) >= 11 is 0. The Morgan fingerprint density at radius 2 is 2.00 bits per heavy atom. The van der Waals surface area contributed by atoms with E-state index in [4.69, 9.17) is 10.5 Å². The fraction of sp³-hybridized carbons (Fsp3) is 0.350. The third-order valence-corrected chi connectivity index (χ3v) is 4.44. The number of hydrogen-bond acceptors (Lipinski definition) is 3. The number of nitrogens with two attached hydrogens (primary N) is 1. The van der Waals surface area contributed by atoms with Gasteiger partial charge in [-0.15, -0.1) is 0 Å². The lowest BCUT2D eigenvalue weighted by atomic mass is 10.0. The summed E-state index contributed by atoms with van der Waals surface area (Å²) in [7, 11) is 0. The first kappa shape index (κ1) is 18.4. The highest BCUT2D eigenvalue weighted by molar-refractivity contribution is 5.92. The number of nitrogens with zero attached hydrogens (tertiary/aromatic N) is 2. The number of anilines is 1. The lowest BCUT2D eigenvalue weighted by Crippen LogP contribution is -2.40. The molecule has 3 N–H and O–H groups in total. The largest absolute Gasteiger partial charge is 0.379 e. The highest BCUT2D eigenvalue weighted by Crippen LogP contribution is 2.23. The van der Waals surface area contributed by atoms with Crippen molar-refractivity contribution in [2.24, 2.45) is 10.7 Å². The maximum Gasteiger partial charge on any atom is 0.193 e. The van der Waals surface area contributed by atoms with Crippen LogP contribution in [0.2, 0.25) is 0 Å². The fourth-order valence-corrected chi connectivity index (χ4v) is 3.13. The van der Waals surface area contributed by atoms with Crippen LogP contribution < -0.4 is 11.1 Å². The standard InChI is InChI=1S/C20H25FN4O/c1-15-4-2-7-18(12-15)24-20(22)23-14-19(25-8-10-26-11-9-25)16-5-3-6-17(21)13-16/h2-7,12-13,19H,8-11,14H2,1H3,(H3,22,23,24). The van der Waals surface area contributed by atoms with Gasteiger partial charge < -0.3 is 15.8 Å². The molecule has 1 aliphatic heterocycles. The monoisotopic (exact) mass is 356 g/mol. The Morgan fingerprint density at radius 3 is 2.73 bits per heavy atom. The van der Waals surface area contributed by atoms with E-state index in [1.807, 2.05) is 37.3 Å². The number of morpholine rings is 1. The van der Waals surface area contributed by atoms with Crippen molar-refractivity contribution in [2.45, 2.75) is 13.0 Å². The van der Waals surface area contributed by atoms with Crippen LogP contribution in [0.5, 0.6) is 0 Å². The Hall–Kier alpha value is -2.44. The van der Waals surface area contributed by atoms with Gasteiger partial charge in [0.1, 0.15) is 5.82 Å². The van der Waals surface area contributed by atoms with Crippen LogP contribution in [0.15, 0.2) is 53.5 Å². The summed E-state index contributed by atoms with van der Waals surface area (Å²) in [6.45, 7) is 5.41. The van der Waals surface area contributed by atoms with Gasteiger partial charge in [-0.2, -0.15) is 0 Å². The van der Waals surface area contributed by atoms with E-state index in [1.54, 1.807) is 12.1 Å². The first-order valence-corrected chi connectivity index (χ1v) is 8.83. The van der Waals surface area contributed by atoms with Crippen molar-refractivity contribution in [3.8, 4) is 0 Å². The summed E-state index contributed by atoms with van der Waals surface area (Å²) in [5.74, 6) is 0.112. The van der Waals surface area contributed by atoms with Crippen LogP contribution in [0.4, 0.5) is 10.1 Å². The molecule has 0 aromatic heterocycles.